The Hall–Kier alpha value is 0.630. The summed E-state index contributed by atoms with van der Waals surface area (Å²) < 4.78 is 0. The Morgan fingerprint density at radius 2 is 1.80 bits per heavy atom. The van der Waals surface area contributed by atoms with Crippen molar-refractivity contribution in [3.8, 4) is 0 Å². The molecule has 0 aliphatic rings. The molecule has 0 N–H and O–H groups in total. The largest absolute Gasteiger partial charge is 0.299 e. The first-order valence-electron chi connectivity index (χ1n) is 5.92. The van der Waals surface area contributed by atoms with Crippen LogP contribution in [-0.2, 0) is 4.79 Å². The molecule has 0 fully saturated rings. The highest BCUT2D eigenvalue weighted by molar-refractivity contribution is 9.09. The fourth-order valence-corrected chi connectivity index (χ4v) is 2.43. The predicted octanol–water partition coefficient (Wildman–Crippen LogP) is 4.85. The van der Waals surface area contributed by atoms with Crippen molar-refractivity contribution in [3.63, 3.8) is 0 Å². The number of carbonyl (C=O) groups excluding carboxylic acids is 1. The lowest BCUT2D eigenvalue weighted by Gasteiger charge is -2.08. The number of halogens is 2. The fraction of sp³-hybridized carbons (Fsp3) is 0.917. The SMILES string of the molecule is CCCCC(Br)CCCCCC(=O)CBr. The molecule has 90 valence electrons. The molecule has 0 aromatic carbocycles. The van der Waals surface area contributed by atoms with E-state index in [0.29, 0.717) is 15.9 Å². The first-order valence-corrected chi connectivity index (χ1v) is 7.96. The van der Waals surface area contributed by atoms with Gasteiger partial charge in [0, 0.05) is 11.2 Å². The molecule has 1 atom stereocenters. The van der Waals surface area contributed by atoms with E-state index < -0.39 is 0 Å². The van der Waals surface area contributed by atoms with Crippen LogP contribution in [0, 0.1) is 0 Å². The summed E-state index contributed by atoms with van der Waals surface area (Å²) in [6.45, 7) is 2.23. The van der Waals surface area contributed by atoms with Gasteiger partial charge in [-0.25, -0.2) is 0 Å². The number of hydrogen-bond donors (Lipinski definition) is 0. The van der Waals surface area contributed by atoms with Gasteiger partial charge in [0.05, 0.1) is 5.33 Å². The lowest BCUT2D eigenvalue weighted by atomic mass is 10.1. The molecule has 0 saturated carbocycles. The zero-order chi connectivity index (χ0) is 11.5. The molecular weight excluding hydrogens is 320 g/mol. The van der Waals surface area contributed by atoms with Gasteiger partial charge in [0.1, 0.15) is 5.78 Å². The second-order valence-corrected chi connectivity index (χ2v) is 5.87. The molecule has 3 heteroatoms. The second-order valence-electron chi connectivity index (χ2n) is 4.01. The number of carbonyl (C=O) groups is 1. The van der Waals surface area contributed by atoms with Gasteiger partial charge in [0.25, 0.3) is 0 Å². The lowest BCUT2D eigenvalue weighted by Crippen LogP contribution is -2.00. The highest BCUT2D eigenvalue weighted by Crippen LogP contribution is 2.17. The van der Waals surface area contributed by atoms with E-state index in [9.17, 15) is 4.79 Å². The van der Waals surface area contributed by atoms with Crippen LogP contribution < -0.4 is 0 Å². The molecule has 0 bridgehead atoms. The van der Waals surface area contributed by atoms with Crippen molar-refractivity contribution in [2.45, 2.75) is 63.1 Å². The molecule has 0 saturated heterocycles. The van der Waals surface area contributed by atoms with Crippen molar-refractivity contribution in [1.29, 1.82) is 0 Å². The minimum atomic E-state index is 0.330. The third-order valence-electron chi connectivity index (χ3n) is 2.49. The van der Waals surface area contributed by atoms with E-state index in [4.69, 9.17) is 0 Å². The molecule has 0 aliphatic carbocycles. The van der Waals surface area contributed by atoms with Crippen molar-refractivity contribution >= 4 is 37.6 Å². The van der Waals surface area contributed by atoms with Crippen LogP contribution in [-0.4, -0.2) is 15.9 Å². The first-order chi connectivity index (χ1) is 7.20. The topological polar surface area (TPSA) is 17.1 Å². The number of alkyl halides is 2. The van der Waals surface area contributed by atoms with Gasteiger partial charge in [-0.15, -0.1) is 0 Å². The Morgan fingerprint density at radius 1 is 1.13 bits per heavy atom. The molecular formula is C12H22Br2O. The van der Waals surface area contributed by atoms with Gasteiger partial charge in [-0.2, -0.15) is 0 Å². The number of hydrogen-bond acceptors (Lipinski definition) is 1. The fourth-order valence-electron chi connectivity index (χ4n) is 1.50. The molecule has 0 aliphatic heterocycles. The summed E-state index contributed by atoms with van der Waals surface area (Å²) in [5, 5.41) is 0.518. The summed E-state index contributed by atoms with van der Waals surface area (Å²) in [6.07, 6.45) is 9.37. The third-order valence-corrected chi connectivity index (χ3v) is 4.03. The number of rotatable bonds is 10. The number of ketones is 1. The Kier molecular flexibility index (Phi) is 11.6. The second kappa shape index (κ2) is 11.1. The van der Waals surface area contributed by atoms with Gasteiger partial charge in [0.2, 0.25) is 0 Å². The molecule has 0 radical (unpaired) electrons. The zero-order valence-electron chi connectivity index (χ0n) is 9.61. The Balaban J connectivity index is 3.19. The highest BCUT2D eigenvalue weighted by atomic mass is 79.9. The Labute approximate surface area is 111 Å². The average molecular weight is 342 g/mol. The summed E-state index contributed by atoms with van der Waals surface area (Å²) in [4.78, 5) is 11.7. The average Bonchev–Trinajstić information content (AvgIpc) is 2.25. The van der Waals surface area contributed by atoms with E-state index in [0.717, 1.165) is 12.8 Å². The maximum Gasteiger partial charge on any atom is 0.143 e. The summed E-state index contributed by atoms with van der Waals surface area (Å²) in [5.41, 5.74) is 0. The zero-order valence-corrected chi connectivity index (χ0v) is 12.8. The van der Waals surface area contributed by atoms with E-state index in [1.807, 2.05) is 0 Å². The van der Waals surface area contributed by atoms with Crippen LogP contribution in [0.2, 0.25) is 0 Å². The lowest BCUT2D eigenvalue weighted by molar-refractivity contribution is -0.116. The molecule has 1 nitrogen and oxygen atoms in total. The minimum absolute atomic E-state index is 0.330. The number of unbranched alkanes of at least 4 members (excludes halogenated alkanes) is 3. The van der Waals surface area contributed by atoms with Crippen molar-refractivity contribution in [2.75, 3.05) is 5.33 Å². The molecule has 0 rings (SSSR count). The van der Waals surface area contributed by atoms with Crippen molar-refractivity contribution in [2.24, 2.45) is 0 Å². The van der Waals surface area contributed by atoms with E-state index >= 15 is 0 Å². The quantitative estimate of drug-likeness (QED) is 0.410. The summed E-state index contributed by atoms with van der Waals surface area (Å²) in [7, 11) is 0. The standard InChI is InChI=1S/C12H22Br2O/c1-2-3-7-11(14)8-5-4-6-9-12(15)10-13/h11H,2-10H2,1H3. The van der Waals surface area contributed by atoms with E-state index in [1.54, 1.807) is 0 Å². The third kappa shape index (κ3) is 10.9. The molecule has 1 unspecified atom stereocenters. The molecule has 0 spiro atoms. The Morgan fingerprint density at radius 3 is 2.40 bits per heavy atom. The van der Waals surface area contributed by atoms with Gasteiger partial charge in [-0.1, -0.05) is 64.5 Å². The van der Waals surface area contributed by atoms with Gasteiger partial charge in [0.15, 0.2) is 0 Å². The summed E-state index contributed by atoms with van der Waals surface area (Å²) in [5.74, 6) is 0.330. The van der Waals surface area contributed by atoms with Crippen LogP contribution in [0.1, 0.15) is 58.3 Å². The molecule has 15 heavy (non-hydrogen) atoms. The van der Waals surface area contributed by atoms with Crippen LogP contribution >= 0.6 is 31.9 Å². The van der Waals surface area contributed by atoms with E-state index in [1.165, 1.54) is 38.5 Å². The highest BCUT2D eigenvalue weighted by Gasteiger charge is 2.03. The monoisotopic (exact) mass is 340 g/mol. The van der Waals surface area contributed by atoms with Crippen molar-refractivity contribution in [3.05, 3.63) is 0 Å². The molecule has 0 heterocycles. The van der Waals surface area contributed by atoms with Crippen LogP contribution in [0.15, 0.2) is 0 Å². The van der Waals surface area contributed by atoms with Gasteiger partial charge in [-0.3, -0.25) is 4.79 Å². The van der Waals surface area contributed by atoms with Crippen LogP contribution in [0.25, 0.3) is 0 Å². The molecule has 0 amide bonds. The van der Waals surface area contributed by atoms with E-state index in [-0.39, 0.29) is 0 Å². The predicted molar refractivity (Wildman–Crippen MR) is 74.1 cm³/mol. The first kappa shape index (κ1) is 15.6. The molecule has 0 aromatic heterocycles. The number of Topliss-reactive ketones (excluding diaryl/α,β-unsaturated/α-hetero) is 1. The van der Waals surface area contributed by atoms with Crippen LogP contribution in [0.5, 0.6) is 0 Å². The van der Waals surface area contributed by atoms with Crippen LogP contribution in [0.3, 0.4) is 0 Å². The summed E-state index contributed by atoms with van der Waals surface area (Å²) in [6, 6.07) is 0. The Bertz CT molecular complexity index is 160. The maximum atomic E-state index is 11.0. The van der Waals surface area contributed by atoms with E-state index in [2.05, 4.69) is 38.8 Å². The van der Waals surface area contributed by atoms with Crippen molar-refractivity contribution < 1.29 is 4.79 Å². The van der Waals surface area contributed by atoms with Gasteiger partial charge < -0.3 is 0 Å². The molecule has 0 aromatic rings. The normalized spacial score (nSPS) is 12.7. The maximum absolute atomic E-state index is 11.0. The van der Waals surface area contributed by atoms with Gasteiger partial charge >= 0.3 is 0 Å². The minimum Gasteiger partial charge on any atom is -0.299 e. The van der Waals surface area contributed by atoms with Crippen LogP contribution in [0.4, 0.5) is 0 Å². The smallest absolute Gasteiger partial charge is 0.143 e. The summed E-state index contributed by atoms with van der Waals surface area (Å²) >= 11 is 6.88. The van der Waals surface area contributed by atoms with Crippen molar-refractivity contribution in [1.82, 2.24) is 0 Å². The van der Waals surface area contributed by atoms with Gasteiger partial charge in [-0.05, 0) is 19.3 Å².